The maximum atomic E-state index is 5.75. The van der Waals surface area contributed by atoms with E-state index in [1.165, 1.54) is 12.8 Å². The lowest BCUT2D eigenvalue weighted by molar-refractivity contribution is 0.766. The standard InChI is InChI=1S/C10H13ClN4S/c11-7-5-13-10(14-6-7)15(8-1-2-8)4-3-9(12)16/h5-6,8H,1-4H2,(H2,12,16). The highest BCUT2D eigenvalue weighted by atomic mass is 35.5. The molecule has 0 unspecified atom stereocenters. The van der Waals surface area contributed by atoms with Crippen LogP contribution in [0.4, 0.5) is 5.95 Å². The molecule has 86 valence electrons. The normalized spacial score (nSPS) is 14.8. The van der Waals surface area contributed by atoms with E-state index >= 15 is 0 Å². The fraction of sp³-hybridized carbons (Fsp3) is 0.500. The molecule has 4 nitrogen and oxygen atoms in total. The fourth-order valence-electron chi connectivity index (χ4n) is 1.52. The summed E-state index contributed by atoms with van der Waals surface area (Å²) in [5, 5.41) is 0.550. The van der Waals surface area contributed by atoms with Crippen LogP contribution in [0.15, 0.2) is 12.4 Å². The van der Waals surface area contributed by atoms with Crippen LogP contribution in [0.5, 0.6) is 0 Å². The van der Waals surface area contributed by atoms with E-state index in [2.05, 4.69) is 14.9 Å². The van der Waals surface area contributed by atoms with Gasteiger partial charge < -0.3 is 10.6 Å². The predicted octanol–water partition coefficient (Wildman–Crippen LogP) is 1.77. The summed E-state index contributed by atoms with van der Waals surface area (Å²) in [6, 6.07) is 0.538. The average Bonchev–Trinajstić information content (AvgIpc) is 3.04. The Labute approximate surface area is 105 Å². The van der Waals surface area contributed by atoms with E-state index in [1.807, 2.05) is 0 Å². The molecule has 0 bridgehead atoms. The second-order valence-corrected chi connectivity index (χ2v) is 4.80. The van der Waals surface area contributed by atoms with Gasteiger partial charge in [0.05, 0.1) is 22.4 Å². The number of hydrogen-bond donors (Lipinski definition) is 1. The molecule has 0 aliphatic heterocycles. The SMILES string of the molecule is NC(=S)CCN(c1ncc(Cl)cn1)C1CC1. The van der Waals surface area contributed by atoms with Crippen molar-refractivity contribution in [2.75, 3.05) is 11.4 Å². The molecule has 1 aliphatic carbocycles. The van der Waals surface area contributed by atoms with Gasteiger partial charge >= 0.3 is 0 Å². The molecule has 2 N–H and O–H groups in total. The molecule has 16 heavy (non-hydrogen) atoms. The number of thiocarbonyl (C=S) groups is 1. The van der Waals surface area contributed by atoms with Gasteiger partial charge in [0.1, 0.15) is 0 Å². The molecule has 2 rings (SSSR count). The summed E-state index contributed by atoms with van der Waals surface area (Å²) in [6.45, 7) is 0.779. The van der Waals surface area contributed by atoms with Gasteiger partial charge in [-0.15, -0.1) is 0 Å². The zero-order chi connectivity index (χ0) is 11.5. The topological polar surface area (TPSA) is 55.0 Å². The Bertz CT molecular complexity index is 377. The van der Waals surface area contributed by atoms with Gasteiger partial charge in [-0.25, -0.2) is 9.97 Å². The first-order valence-corrected chi connectivity index (χ1v) is 5.98. The summed E-state index contributed by atoms with van der Waals surface area (Å²) in [5.41, 5.74) is 5.51. The van der Waals surface area contributed by atoms with Crippen molar-refractivity contribution in [1.29, 1.82) is 0 Å². The lowest BCUT2D eigenvalue weighted by Crippen LogP contribution is -2.31. The molecule has 1 fully saturated rings. The third-order valence-corrected chi connectivity index (χ3v) is 2.85. The number of rotatable bonds is 5. The monoisotopic (exact) mass is 256 g/mol. The first-order chi connectivity index (χ1) is 7.66. The van der Waals surface area contributed by atoms with E-state index in [4.69, 9.17) is 29.6 Å². The maximum Gasteiger partial charge on any atom is 0.225 e. The Hall–Kier alpha value is -0.940. The minimum Gasteiger partial charge on any atom is -0.393 e. The van der Waals surface area contributed by atoms with Crippen molar-refractivity contribution in [3.8, 4) is 0 Å². The molecule has 1 aromatic heterocycles. The summed E-state index contributed by atoms with van der Waals surface area (Å²) in [4.78, 5) is 11.1. The molecule has 0 spiro atoms. The van der Waals surface area contributed by atoms with Crippen LogP contribution in [0.3, 0.4) is 0 Å². The summed E-state index contributed by atoms with van der Waals surface area (Å²) in [6.07, 6.45) is 6.28. The Morgan fingerprint density at radius 1 is 1.50 bits per heavy atom. The summed E-state index contributed by atoms with van der Waals surface area (Å²) >= 11 is 10.6. The largest absolute Gasteiger partial charge is 0.393 e. The van der Waals surface area contributed by atoms with Crippen LogP contribution in [-0.2, 0) is 0 Å². The van der Waals surface area contributed by atoms with Crippen molar-refractivity contribution in [3.63, 3.8) is 0 Å². The van der Waals surface area contributed by atoms with Crippen molar-refractivity contribution in [2.45, 2.75) is 25.3 Å². The molecule has 0 aromatic carbocycles. The Morgan fingerprint density at radius 3 is 2.62 bits per heavy atom. The lowest BCUT2D eigenvalue weighted by Gasteiger charge is -2.21. The van der Waals surface area contributed by atoms with Crippen molar-refractivity contribution in [3.05, 3.63) is 17.4 Å². The molecule has 1 saturated carbocycles. The van der Waals surface area contributed by atoms with Gasteiger partial charge in [0.2, 0.25) is 5.95 Å². The van der Waals surface area contributed by atoms with Gasteiger partial charge in [-0.1, -0.05) is 23.8 Å². The number of nitrogens with zero attached hydrogens (tertiary/aromatic N) is 3. The van der Waals surface area contributed by atoms with Crippen LogP contribution >= 0.6 is 23.8 Å². The quantitative estimate of drug-likeness (QED) is 0.814. The smallest absolute Gasteiger partial charge is 0.225 e. The molecule has 0 saturated heterocycles. The van der Waals surface area contributed by atoms with Gasteiger partial charge in [0, 0.05) is 19.0 Å². The maximum absolute atomic E-state index is 5.75. The summed E-state index contributed by atoms with van der Waals surface area (Å²) in [5.74, 6) is 0.711. The van der Waals surface area contributed by atoms with Crippen LogP contribution < -0.4 is 10.6 Å². The fourth-order valence-corrected chi connectivity index (χ4v) is 1.71. The Kier molecular flexibility index (Phi) is 3.56. The highest BCUT2D eigenvalue weighted by molar-refractivity contribution is 7.80. The zero-order valence-electron chi connectivity index (χ0n) is 8.77. The molecule has 0 radical (unpaired) electrons. The Morgan fingerprint density at radius 2 is 2.12 bits per heavy atom. The molecule has 0 atom stereocenters. The number of nitrogens with two attached hydrogens (primary N) is 1. The van der Waals surface area contributed by atoms with Gasteiger partial charge in [0.15, 0.2) is 0 Å². The van der Waals surface area contributed by atoms with E-state index in [0.717, 1.165) is 6.54 Å². The van der Waals surface area contributed by atoms with Gasteiger partial charge in [0.25, 0.3) is 0 Å². The second-order valence-electron chi connectivity index (χ2n) is 3.84. The molecular formula is C10H13ClN4S. The van der Waals surface area contributed by atoms with Crippen LogP contribution in [0, 0.1) is 0 Å². The van der Waals surface area contributed by atoms with E-state index in [-0.39, 0.29) is 0 Å². The van der Waals surface area contributed by atoms with Crippen LogP contribution in [0.1, 0.15) is 19.3 Å². The van der Waals surface area contributed by atoms with Crippen molar-refractivity contribution in [1.82, 2.24) is 9.97 Å². The van der Waals surface area contributed by atoms with E-state index in [1.54, 1.807) is 12.4 Å². The summed E-state index contributed by atoms with van der Waals surface area (Å²) in [7, 11) is 0. The number of anilines is 1. The van der Waals surface area contributed by atoms with E-state index in [0.29, 0.717) is 28.4 Å². The molecule has 1 aliphatic rings. The zero-order valence-corrected chi connectivity index (χ0v) is 10.3. The van der Waals surface area contributed by atoms with Crippen LogP contribution in [-0.4, -0.2) is 27.5 Å². The number of hydrogen-bond acceptors (Lipinski definition) is 4. The minimum atomic E-state index is 0.527. The number of aromatic nitrogens is 2. The predicted molar refractivity (Wildman–Crippen MR) is 68.8 cm³/mol. The van der Waals surface area contributed by atoms with E-state index in [9.17, 15) is 0 Å². The first-order valence-electron chi connectivity index (χ1n) is 5.19. The van der Waals surface area contributed by atoms with E-state index < -0.39 is 0 Å². The van der Waals surface area contributed by atoms with Crippen LogP contribution in [0.2, 0.25) is 5.02 Å². The molecule has 1 heterocycles. The third-order valence-electron chi connectivity index (χ3n) is 2.45. The van der Waals surface area contributed by atoms with Gasteiger partial charge in [-0.3, -0.25) is 0 Å². The number of halogens is 1. The molecular weight excluding hydrogens is 244 g/mol. The lowest BCUT2D eigenvalue weighted by atomic mass is 10.4. The molecule has 6 heteroatoms. The molecule has 0 amide bonds. The van der Waals surface area contributed by atoms with Crippen molar-refractivity contribution in [2.24, 2.45) is 5.73 Å². The van der Waals surface area contributed by atoms with Crippen molar-refractivity contribution < 1.29 is 0 Å². The van der Waals surface area contributed by atoms with Crippen molar-refractivity contribution >= 4 is 34.8 Å². The third kappa shape index (κ3) is 3.02. The Balaban J connectivity index is 2.06. The summed E-state index contributed by atoms with van der Waals surface area (Å²) < 4.78 is 0. The highest BCUT2D eigenvalue weighted by Gasteiger charge is 2.30. The van der Waals surface area contributed by atoms with Gasteiger partial charge in [-0.2, -0.15) is 0 Å². The average molecular weight is 257 g/mol. The first kappa shape index (κ1) is 11.5. The van der Waals surface area contributed by atoms with Gasteiger partial charge in [-0.05, 0) is 12.8 Å². The highest BCUT2D eigenvalue weighted by Crippen LogP contribution is 2.29. The minimum absolute atomic E-state index is 0.527. The molecule has 1 aromatic rings. The second kappa shape index (κ2) is 4.93. The van der Waals surface area contributed by atoms with Crippen LogP contribution in [0.25, 0.3) is 0 Å².